The van der Waals surface area contributed by atoms with Gasteiger partial charge in [-0.05, 0) is 12.2 Å². The average Bonchev–Trinajstić information content (AvgIpc) is 2.06. The number of halogens is 1. The molecule has 76 valence electrons. The summed E-state index contributed by atoms with van der Waals surface area (Å²) < 4.78 is 14.7. The Morgan fingerprint density at radius 3 is 2.64 bits per heavy atom. The highest BCUT2D eigenvalue weighted by atomic mass is 35.5. The van der Waals surface area contributed by atoms with Crippen LogP contribution in [0.1, 0.15) is 6.42 Å². The summed E-state index contributed by atoms with van der Waals surface area (Å²) in [4.78, 5) is 27.3. The topological polar surface area (TPSA) is 83.8 Å². The predicted molar refractivity (Wildman–Crippen MR) is 49.0 cm³/mol. The number of hydrogen-bond acceptors (Lipinski definition) is 3. The third kappa shape index (κ3) is 3.14. The fourth-order valence-corrected chi connectivity index (χ4v) is 1.48. The van der Waals surface area contributed by atoms with Crippen molar-refractivity contribution in [1.82, 2.24) is 0 Å². The van der Waals surface area contributed by atoms with Gasteiger partial charge in [-0.25, -0.2) is 9.36 Å². The number of carbonyl (C=O) groups excluding carboxylic acids is 1. The molecule has 0 aliphatic heterocycles. The Morgan fingerprint density at radius 1 is 1.50 bits per heavy atom. The first kappa shape index (κ1) is 11.2. The molecule has 0 heterocycles. The third-order valence-electron chi connectivity index (χ3n) is 1.41. The molecule has 0 fully saturated rings. The molecule has 0 unspecified atom stereocenters. The Labute approximate surface area is 84.6 Å². The number of phosphoric ester groups is 1. The molecule has 0 radical (unpaired) electrons. The van der Waals surface area contributed by atoms with E-state index in [1.807, 2.05) is 0 Å². The molecular formula is C7H6ClO5P. The predicted octanol–water partition coefficient (Wildman–Crippen LogP) is 1.26. The van der Waals surface area contributed by atoms with Gasteiger partial charge in [0.2, 0.25) is 0 Å². The van der Waals surface area contributed by atoms with Crippen LogP contribution in [0.2, 0.25) is 0 Å². The van der Waals surface area contributed by atoms with Gasteiger partial charge in [0.15, 0.2) is 0 Å². The molecule has 2 N–H and O–H groups in total. The van der Waals surface area contributed by atoms with Crippen LogP contribution >= 0.6 is 19.4 Å². The molecule has 0 saturated heterocycles. The van der Waals surface area contributed by atoms with Crippen LogP contribution in [-0.4, -0.2) is 15.7 Å². The van der Waals surface area contributed by atoms with Gasteiger partial charge in [-0.2, -0.15) is 0 Å². The van der Waals surface area contributed by atoms with E-state index in [-0.39, 0.29) is 22.8 Å². The Hall–Kier alpha value is -0.830. The second-order valence-corrected chi connectivity index (χ2v) is 4.06. The highest BCUT2D eigenvalue weighted by Crippen LogP contribution is 2.41. The zero-order valence-corrected chi connectivity index (χ0v) is 8.46. The SMILES string of the molecule is O=C=C1CC(OP(=O)(O)O)=CC=C1Cl. The van der Waals surface area contributed by atoms with Gasteiger partial charge < -0.3 is 4.52 Å². The first-order valence-corrected chi connectivity index (χ1v) is 5.39. The number of hydrogen-bond donors (Lipinski definition) is 2. The highest BCUT2D eigenvalue weighted by molar-refractivity contribution is 7.46. The lowest BCUT2D eigenvalue weighted by Crippen LogP contribution is -1.98. The average molecular weight is 237 g/mol. The number of phosphoric acid groups is 1. The van der Waals surface area contributed by atoms with E-state index in [2.05, 4.69) is 4.52 Å². The maximum Gasteiger partial charge on any atom is 0.524 e. The van der Waals surface area contributed by atoms with Crippen molar-refractivity contribution in [3.63, 3.8) is 0 Å². The van der Waals surface area contributed by atoms with Crippen LogP contribution in [0.4, 0.5) is 0 Å². The monoisotopic (exact) mass is 236 g/mol. The van der Waals surface area contributed by atoms with Crippen LogP contribution in [0.5, 0.6) is 0 Å². The summed E-state index contributed by atoms with van der Waals surface area (Å²) in [5.41, 5.74) is 0.109. The summed E-state index contributed by atoms with van der Waals surface area (Å²) in [6, 6.07) is 0. The largest absolute Gasteiger partial charge is 0.524 e. The Morgan fingerprint density at radius 2 is 2.14 bits per heavy atom. The highest BCUT2D eigenvalue weighted by Gasteiger charge is 2.21. The summed E-state index contributed by atoms with van der Waals surface area (Å²) in [6.45, 7) is 0. The molecule has 7 heteroatoms. The molecule has 0 aromatic carbocycles. The molecule has 0 aromatic rings. The standard InChI is InChI=1S/C7H6ClO5P/c8-7-2-1-6(3-5(7)4-9)13-14(10,11)12/h1-2H,3H2,(H2,10,11,12). The van der Waals surface area contributed by atoms with Crippen molar-refractivity contribution in [1.29, 1.82) is 0 Å². The Kier molecular flexibility index (Phi) is 3.32. The minimum Gasteiger partial charge on any atom is -0.408 e. The Bertz CT molecular complexity index is 394. The summed E-state index contributed by atoms with van der Waals surface area (Å²) in [6.07, 6.45) is 2.54. The smallest absolute Gasteiger partial charge is 0.408 e. The molecule has 0 atom stereocenters. The van der Waals surface area contributed by atoms with E-state index in [4.69, 9.17) is 21.4 Å². The zero-order valence-electron chi connectivity index (χ0n) is 6.81. The van der Waals surface area contributed by atoms with Gasteiger partial charge in [0.05, 0.1) is 10.6 Å². The zero-order chi connectivity index (χ0) is 10.8. The minimum atomic E-state index is -4.57. The molecule has 1 rings (SSSR count). The Balaban J connectivity index is 2.86. The van der Waals surface area contributed by atoms with Crippen molar-refractivity contribution in [3.8, 4) is 0 Å². The van der Waals surface area contributed by atoms with E-state index in [0.29, 0.717) is 0 Å². The molecule has 0 spiro atoms. The quantitative estimate of drug-likeness (QED) is 0.557. The molecule has 1 aliphatic rings. The normalized spacial score (nSPS) is 16.9. The second kappa shape index (κ2) is 4.13. The van der Waals surface area contributed by atoms with Gasteiger partial charge in [0.25, 0.3) is 0 Å². The van der Waals surface area contributed by atoms with E-state index in [1.54, 1.807) is 5.94 Å². The van der Waals surface area contributed by atoms with E-state index < -0.39 is 7.82 Å². The van der Waals surface area contributed by atoms with Crippen molar-refractivity contribution in [3.05, 3.63) is 28.5 Å². The summed E-state index contributed by atoms with van der Waals surface area (Å²) in [5, 5.41) is 0.193. The molecular weight excluding hydrogens is 230 g/mol. The van der Waals surface area contributed by atoms with Crippen LogP contribution < -0.4 is 0 Å². The molecule has 0 saturated carbocycles. The van der Waals surface area contributed by atoms with Gasteiger partial charge in [-0.3, -0.25) is 9.79 Å². The lowest BCUT2D eigenvalue weighted by Gasteiger charge is -2.13. The van der Waals surface area contributed by atoms with Gasteiger partial charge in [-0.15, -0.1) is 0 Å². The lowest BCUT2D eigenvalue weighted by molar-refractivity contribution is 0.239. The van der Waals surface area contributed by atoms with Crippen LogP contribution in [0.25, 0.3) is 0 Å². The second-order valence-electron chi connectivity index (χ2n) is 2.49. The molecule has 5 nitrogen and oxygen atoms in total. The molecule has 0 bridgehead atoms. The van der Waals surface area contributed by atoms with Crippen LogP contribution in [0.3, 0.4) is 0 Å². The lowest BCUT2D eigenvalue weighted by atomic mass is 10.1. The van der Waals surface area contributed by atoms with E-state index in [1.165, 1.54) is 12.2 Å². The van der Waals surface area contributed by atoms with Gasteiger partial charge in [-0.1, -0.05) is 11.6 Å². The first-order chi connectivity index (χ1) is 6.42. The van der Waals surface area contributed by atoms with Crippen LogP contribution in [0.15, 0.2) is 28.5 Å². The summed E-state index contributed by atoms with van der Waals surface area (Å²) >= 11 is 5.59. The molecule has 14 heavy (non-hydrogen) atoms. The van der Waals surface area contributed by atoms with Gasteiger partial charge in [0, 0.05) is 6.42 Å². The molecule has 0 amide bonds. The fourth-order valence-electron chi connectivity index (χ4n) is 0.885. The van der Waals surface area contributed by atoms with Crippen molar-refractivity contribution < 1.29 is 23.7 Å². The van der Waals surface area contributed by atoms with Gasteiger partial charge >= 0.3 is 7.82 Å². The van der Waals surface area contributed by atoms with Crippen molar-refractivity contribution >= 4 is 25.4 Å². The van der Waals surface area contributed by atoms with Gasteiger partial charge in [0.1, 0.15) is 11.7 Å². The summed E-state index contributed by atoms with van der Waals surface area (Å²) in [5.74, 6) is 1.55. The van der Waals surface area contributed by atoms with Crippen molar-refractivity contribution in [2.45, 2.75) is 6.42 Å². The van der Waals surface area contributed by atoms with E-state index in [9.17, 15) is 9.36 Å². The van der Waals surface area contributed by atoms with Crippen LogP contribution in [-0.2, 0) is 13.9 Å². The number of allylic oxidation sites excluding steroid dienone is 4. The van der Waals surface area contributed by atoms with E-state index >= 15 is 0 Å². The van der Waals surface area contributed by atoms with E-state index in [0.717, 1.165) is 0 Å². The molecule has 0 aromatic heterocycles. The maximum absolute atomic E-state index is 10.4. The summed E-state index contributed by atoms with van der Waals surface area (Å²) in [7, 11) is -4.57. The maximum atomic E-state index is 10.4. The minimum absolute atomic E-state index is 0.0129. The van der Waals surface area contributed by atoms with Crippen LogP contribution in [0, 0.1) is 0 Å². The third-order valence-corrected chi connectivity index (χ3v) is 2.24. The van der Waals surface area contributed by atoms with Crippen molar-refractivity contribution in [2.75, 3.05) is 0 Å². The fraction of sp³-hybridized carbons (Fsp3) is 0.143. The molecule has 1 aliphatic carbocycles. The first-order valence-electron chi connectivity index (χ1n) is 3.48. The number of rotatable bonds is 2. The van der Waals surface area contributed by atoms with Crippen molar-refractivity contribution in [2.24, 2.45) is 0 Å².